The first-order chi connectivity index (χ1) is 9.70. The van der Waals surface area contributed by atoms with Gasteiger partial charge in [-0.05, 0) is 19.4 Å². The summed E-state index contributed by atoms with van der Waals surface area (Å²) in [5.41, 5.74) is 1.01. The summed E-state index contributed by atoms with van der Waals surface area (Å²) in [6.07, 6.45) is 2.72. The number of hydrogen-bond acceptors (Lipinski definition) is 5. The van der Waals surface area contributed by atoms with Crippen LogP contribution in [-0.2, 0) is 13.1 Å². The number of aromatic nitrogens is 1. The van der Waals surface area contributed by atoms with Crippen molar-refractivity contribution in [2.24, 2.45) is 0 Å². The summed E-state index contributed by atoms with van der Waals surface area (Å²) in [6, 6.07) is 3.34. The van der Waals surface area contributed by atoms with Gasteiger partial charge < -0.3 is 9.84 Å². The summed E-state index contributed by atoms with van der Waals surface area (Å²) < 4.78 is 5.47. The highest BCUT2D eigenvalue weighted by atomic mass is 16.5. The fraction of sp³-hybridized carbons (Fsp3) is 0.800. The lowest BCUT2D eigenvalue weighted by Crippen LogP contribution is -2.49. The predicted molar refractivity (Wildman–Crippen MR) is 78.4 cm³/mol. The highest BCUT2D eigenvalue weighted by Crippen LogP contribution is 2.22. The van der Waals surface area contributed by atoms with E-state index >= 15 is 0 Å². The Balaban J connectivity index is 1.50. The molecule has 0 radical (unpaired) electrons. The smallest absolute Gasteiger partial charge is 0.151 e. The van der Waals surface area contributed by atoms with Crippen molar-refractivity contribution in [1.82, 2.24) is 20.3 Å². The van der Waals surface area contributed by atoms with Gasteiger partial charge in [-0.1, -0.05) is 19.0 Å². The Hall–Kier alpha value is -0.910. The molecule has 0 saturated carbocycles. The van der Waals surface area contributed by atoms with Gasteiger partial charge in [0.1, 0.15) is 0 Å². The SMILES string of the molecule is CC(C)NCc1cc(CN2CCN3CCCC3C2)on1. The minimum absolute atomic E-state index is 0.477. The van der Waals surface area contributed by atoms with E-state index in [1.165, 1.54) is 32.5 Å². The van der Waals surface area contributed by atoms with E-state index in [2.05, 4.69) is 40.2 Å². The van der Waals surface area contributed by atoms with Crippen molar-refractivity contribution in [1.29, 1.82) is 0 Å². The Bertz CT molecular complexity index is 431. The molecular formula is C15H26N4O. The van der Waals surface area contributed by atoms with Gasteiger partial charge in [0.25, 0.3) is 0 Å². The molecule has 1 aromatic heterocycles. The fourth-order valence-corrected chi connectivity index (χ4v) is 3.24. The highest BCUT2D eigenvalue weighted by molar-refractivity contribution is 5.05. The Morgan fingerprint density at radius 3 is 3.15 bits per heavy atom. The molecule has 2 fully saturated rings. The molecule has 2 aliphatic heterocycles. The molecule has 20 heavy (non-hydrogen) atoms. The van der Waals surface area contributed by atoms with Gasteiger partial charge in [0.2, 0.25) is 0 Å². The van der Waals surface area contributed by atoms with Gasteiger partial charge in [0.05, 0.1) is 12.2 Å². The molecule has 2 saturated heterocycles. The third kappa shape index (κ3) is 3.40. The Kier molecular flexibility index (Phi) is 4.38. The Morgan fingerprint density at radius 1 is 1.40 bits per heavy atom. The zero-order valence-corrected chi connectivity index (χ0v) is 12.6. The molecule has 0 aliphatic carbocycles. The fourth-order valence-electron chi connectivity index (χ4n) is 3.24. The van der Waals surface area contributed by atoms with Crippen LogP contribution < -0.4 is 5.32 Å². The quantitative estimate of drug-likeness (QED) is 0.883. The average molecular weight is 278 g/mol. The lowest BCUT2D eigenvalue weighted by atomic mass is 10.1. The molecule has 0 spiro atoms. The molecule has 3 rings (SSSR count). The number of nitrogens with one attached hydrogen (secondary N) is 1. The average Bonchev–Trinajstić information content (AvgIpc) is 3.04. The molecule has 112 valence electrons. The van der Waals surface area contributed by atoms with E-state index in [-0.39, 0.29) is 0 Å². The van der Waals surface area contributed by atoms with Crippen molar-refractivity contribution in [3.05, 3.63) is 17.5 Å². The van der Waals surface area contributed by atoms with Crippen molar-refractivity contribution < 1.29 is 4.52 Å². The monoisotopic (exact) mass is 278 g/mol. The van der Waals surface area contributed by atoms with E-state index in [1.807, 2.05) is 0 Å². The number of rotatable bonds is 5. The first-order valence-corrected chi connectivity index (χ1v) is 7.85. The maximum Gasteiger partial charge on any atom is 0.151 e. The minimum Gasteiger partial charge on any atom is -0.360 e. The van der Waals surface area contributed by atoms with E-state index in [4.69, 9.17) is 4.52 Å². The van der Waals surface area contributed by atoms with Crippen molar-refractivity contribution in [3.63, 3.8) is 0 Å². The lowest BCUT2D eigenvalue weighted by Gasteiger charge is -2.36. The molecule has 0 amide bonds. The third-order valence-electron chi connectivity index (χ3n) is 4.35. The number of piperazine rings is 1. The molecule has 5 nitrogen and oxygen atoms in total. The predicted octanol–water partition coefficient (Wildman–Crippen LogP) is 1.45. The normalized spacial score (nSPS) is 24.4. The summed E-state index contributed by atoms with van der Waals surface area (Å²) in [5, 5.41) is 7.51. The van der Waals surface area contributed by atoms with Crippen LogP contribution in [0.2, 0.25) is 0 Å². The second kappa shape index (κ2) is 6.24. The van der Waals surface area contributed by atoms with Crippen LogP contribution in [0.1, 0.15) is 38.1 Å². The Labute approximate surface area is 121 Å². The second-order valence-electron chi connectivity index (χ2n) is 6.39. The highest BCUT2D eigenvalue weighted by Gasteiger charge is 2.30. The standard InChI is InChI=1S/C15H26N4O/c1-12(2)16-9-13-8-15(20-17-13)11-18-6-7-19-5-3-4-14(19)10-18/h8,12,14,16H,3-7,9-11H2,1-2H3. The van der Waals surface area contributed by atoms with E-state index in [0.717, 1.165) is 37.1 Å². The summed E-state index contributed by atoms with van der Waals surface area (Å²) in [5.74, 6) is 0.997. The molecule has 0 aromatic carbocycles. The minimum atomic E-state index is 0.477. The number of hydrogen-bond donors (Lipinski definition) is 1. The van der Waals surface area contributed by atoms with E-state index < -0.39 is 0 Å². The van der Waals surface area contributed by atoms with Crippen LogP contribution in [0.4, 0.5) is 0 Å². The van der Waals surface area contributed by atoms with Crippen LogP contribution in [-0.4, -0.2) is 53.2 Å². The summed E-state index contributed by atoms with van der Waals surface area (Å²) in [7, 11) is 0. The topological polar surface area (TPSA) is 44.5 Å². The van der Waals surface area contributed by atoms with E-state index in [9.17, 15) is 0 Å². The molecule has 2 aliphatic rings. The van der Waals surface area contributed by atoms with Crippen LogP contribution >= 0.6 is 0 Å². The van der Waals surface area contributed by atoms with Crippen molar-refractivity contribution in [2.45, 2.75) is 51.9 Å². The molecular weight excluding hydrogens is 252 g/mol. The molecule has 1 aromatic rings. The van der Waals surface area contributed by atoms with E-state index in [1.54, 1.807) is 0 Å². The Morgan fingerprint density at radius 2 is 2.30 bits per heavy atom. The maximum atomic E-state index is 5.47. The zero-order chi connectivity index (χ0) is 13.9. The molecule has 0 bridgehead atoms. The summed E-state index contributed by atoms with van der Waals surface area (Å²) >= 11 is 0. The zero-order valence-electron chi connectivity index (χ0n) is 12.6. The summed E-state index contributed by atoms with van der Waals surface area (Å²) in [4.78, 5) is 5.14. The van der Waals surface area contributed by atoms with Gasteiger partial charge >= 0.3 is 0 Å². The van der Waals surface area contributed by atoms with Gasteiger partial charge in [-0.25, -0.2) is 0 Å². The number of nitrogens with zero attached hydrogens (tertiary/aromatic N) is 3. The molecule has 1 unspecified atom stereocenters. The lowest BCUT2D eigenvalue weighted by molar-refractivity contribution is 0.0922. The summed E-state index contributed by atoms with van der Waals surface area (Å²) in [6.45, 7) is 10.8. The van der Waals surface area contributed by atoms with Crippen LogP contribution in [0.15, 0.2) is 10.6 Å². The first kappa shape index (κ1) is 14.0. The van der Waals surface area contributed by atoms with Crippen LogP contribution in [0.5, 0.6) is 0 Å². The van der Waals surface area contributed by atoms with Crippen LogP contribution in [0.25, 0.3) is 0 Å². The van der Waals surface area contributed by atoms with Gasteiger partial charge in [-0.2, -0.15) is 0 Å². The van der Waals surface area contributed by atoms with Crippen molar-refractivity contribution in [2.75, 3.05) is 26.2 Å². The molecule has 1 atom stereocenters. The largest absolute Gasteiger partial charge is 0.360 e. The van der Waals surface area contributed by atoms with Crippen molar-refractivity contribution >= 4 is 0 Å². The second-order valence-corrected chi connectivity index (χ2v) is 6.39. The van der Waals surface area contributed by atoms with Crippen LogP contribution in [0, 0.1) is 0 Å². The molecule has 3 heterocycles. The van der Waals surface area contributed by atoms with Gasteiger partial charge in [-0.15, -0.1) is 0 Å². The maximum absolute atomic E-state index is 5.47. The van der Waals surface area contributed by atoms with Crippen molar-refractivity contribution in [3.8, 4) is 0 Å². The third-order valence-corrected chi connectivity index (χ3v) is 4.35. The first-order valence-electron chi connectivity index (χ1n) is 7.85. The van der Waals surface area contributed by atoms with E-state index in [0.29, 0.717) is 6.04 Å². The molecule has 5 heteroatoms. The van der Waals surface area contributed by atoms with Gasteiger partial charge in [0.15, 0.2) is 5.76 Å². The number of fused-ring (bicyclic) bond motifs is 1. The van der Waals surface area contributed by atoms with Crippen LogP contribution in [0.3, 0.4) is 0 Å². The molecule has 1 N–H and O–H groups in total. The van der Waals surface area contributed by atoms with Gasteiger partial charge in [-0.3, -0.25) is 9.80 Å². The van der Waals surface area contributed by atoms with Gasteiger partial charge in [0, 0.05) is 44.3 Å².